The number of likely N-dealkylation sites (tertiary alicyclic amines) is 1. The third-order valence-corrected chi connectivity index (χ3v) is 4.98. The van der Waals surface area contributed by atoms with Crippen LogP contribution in [-0.4, -0.2) is 43.0 Å². The number of nitrogens with one attached hydrogen (secondary N) is 1. The van der Waals surface area contributed by atoms with E-state index in [1.54, 1.807) is 31.4 Å². The largest absolute Gasteiger partial charge is 0.497 e. The molecular weight excluding hydrogens is 368 g/mol. The summed E-state index contributed by atoms with van der Waals surface area (Å²) in [6.45, 7) is 5.09. The molecule has 2 amide bonds. The Morgan fingerprint density at radius 2 is 1.55 bits per heavy atom. The zero-order valence-electron chi connectivity index (χ0n) is 17.2. The molecule has 29 heavy (non-hydrogen) atoms. The van der Waals surface area contributed by atoms with E-state index in [0.717, 1.165) is 17.2 Å². The van der Waals surface area contributed by atoms with Crippen LogP contribution in [0.4, 0.5) is 5.69 Å². The van der Waals surface area contributed by atoms with E-state index < -0.39 is 0 Å². The first-order chi connectivity index (χ1) is 14.0. The molecule has 1 aliphatic rings. The number of nitrogens with zero attached hydrogens (tertiary/aromatic N) is 1. The van der Waals surface area contributed by atoms with Crippen molar-refractivity contribution in [2.75, 3.05) is 25.5 Å². The fourth-order valence-corrected chi connectivity index (χ4v) is 3.39. The minimum Gasteiger partial charge on any atom is -0.497 e. The maximum absolute atomic E-state index is 12.6. The van der Waals surface area contributed by atoms with Gasteiger partial charge >= 0.3 is 0 Å². The molecule has 0 saturated carbocycles. The summed E-state index contributed by atoms with van der Waals surface area (Å²) in [6, 6.07) is 14.5. The molecule has 0 aromatic heterocycles. The number of hydrogen-bond donors (Lipinski definition) is 1. The quantitative estimate of drug-likeness (QED) is 0.802. The van der Waals surface area contributed by atoms with E-state index in [2.05, 4.69) is 5.32 Å². The van der Waals surface area contributed by atoms with Crippen molar-refractivity contribution in [2.45, 2.75) is 32.8 Å². The Morgan fingerprint density at radius 1 is 0.966 bits per heavy atom. The first kappa shape index (κ1) is 20.7. The van der Waals surface area contributed by atoms with Gasteiger partial charge in [-0.15, -0.1) is 0 Å². The van der Waals surface area contributed by atoms with Gasteiger partial charge in [-0.3, -0.25) is 9.59 Å². The smallest absolute Gasteiger partial charge is 0.253 e. The number of hydrogen-bond acceptors (Lipinski definition) is 4. The topological polar surface area (TPSA) is 67.9 Å². The normalized spacial score (nSPS) is 14.6. The summed E-state index contributed by atoms with van der Waals surface area (Å²) in [5.41, 5.74) is 1.39. The Hall–Kier alpha value is -3.02. The van der Waals surface area contributed by atoms with Crippen LogP contribution in [0.3, 0.4) is 0 Å². The molecule has 0 spiro atoms. The molecule has 2 aromatic carbocycles. The van der Waals surface area contributed by atoms with Gasteiger partial charge in [0.1, 0.15) is 11.5 Å². The van der Waals surface area contributed by atoms with Crippen molar-refractivity contribution in [1.82, 2.24) is 4.90 Å². The van der Waals surface area contributed by atoms with Gasteiger partial charge in [-0.2, -0.15) is 0 Å². The number of amides is 2. The van der Waals surface area contributed by atoms with E-state index in [0.29, 0.717) is 31.5 Å². The molecule has 6 heteroatoms. The molecule has 1 fully saturated rings. The minimum atomic E-state index is -0.0958. The van der Waals surface area contributed by atoms with Crippen LogP contribution in [0.25, 0.3) is 0 Å². The molecule has 154 valence electrons. The number of carbonyl (C=O) groups excluding carboxylic acids is 2. The molecule has 0 radical (unpaired) electrons. The van der Waals surface area contributed by atoms with Crippen LogP contribution in [-0.2, 0) is 4.79 Å². The lowest BCUT2D eigenvalue weighted by Crippen LogP contribution is -2.41. The van der Waals surface area contributed by atoms with Crippen LogP contribution in [0.1, 0.15) is 37.0 Å². The zero-order valence-corrected chi connectivity index (χ0v) is 17.2. The molecule has 3 rings (SSSR count). The fraction of sp³-hybridized carbons (Fsp3) is 0.391. The molecule has 0 unspecified atom stereocenters. The van der Waals surface area contributed by atoms with Crippen molar-refractivity contribution < 1.29 is 19.1 Å². The van der Waals surface area contributed by atoms with Gasteiger partial charge in [0.25, 0.3) is 5.91 Å². The lowest BCUT2D eigenvalue weighted by Gasteiger charge is -2.31. The minimum absolute atomic E-state index is 0.000857. The lowest BCUT2D eigenvalue weighted by atomic mass is 9.95. The van der Waals surface area contributed by atoms with Gasteiger partial charge in [-0.05, 0) is 75.2 Å². The maximum atomic E-state index is 12.6. The first-order valence-corrected chi connectivity index (χ1v) is 9.97. The standard InChI is InChI=1S/C23H28N2O4/c1-16(2)29-21-10-6-19(7-11-21)24-22(26)17-12-14-25(15-13-17)23(27)18-4-8-20(28-3)9-5-18/h4-11,16-17H,12-15H2,1-3H3,(H,24,26). The highest BCUT2D eigenvalue weighted by atomic mass is 16.5. The summed E-state index contributed by atoms with van der Waals surface area (Å²) in [5.74, 6) is 1.40. The molecule has 1 N–H and O–H groups in total. The molecule has 1 aliphatic heterocycles. The second kappa shape index (κ2) is 9.45. The van der Waals surface area contributed by atoms with Crippen molar-refractivity contribution >= 4 is 17.5 Å². The summed E-state index contributed by atoms with van der Waals surface area (Å²) >= 11 is 0. The molecule has 1 saturated heterocycles. The van der Waals surface area contributed by atoms with Crippen LogP contribution >= 0.6 is 0 Å². The van der Waals surface area contributed by atoms with Crippen molar-refractivity contribution in [3.8, 4) is 11.5 Å². The number of benzene rings is 2. The van der Waals surface area contributed by atoms with Gasteiger partial charge in [0.15, 0.2) is 0 Å². The van der Waals surface area contributed by atoms with E-state index in [4.69, 9.17) is 9.47 Å². The van der Waals surface area contributed by atoms with E-state index in [1.807, 2.05) is 43.0 Å². The van der Waals surface area contributed by atoms with Gasteiger partial charge in [-0.25, -0.2) is 0 Å². The maximum Gasteiger partial charge on any atom is 0.253 e. The Labute approximate surface area is 171 Å². The fourth-order valence-electron chi connectivity index (χ4n) is 3.39. The Kier molecular flexibility index (Phi) is 6.75. The van der Waals surface area contributed by atoms with E-state index in [-0.39, 0.29) is 23.8 Å². The SMILES string of the molecule is COc1ccc(C(=O)N2CCC(C(=O)Nc3ccc(OC(C)C)cc3)CC2)cc1. The lowest BCUT2D eigenvalue weighted by molar-refractivity contribution is -0.121. The Balaban J connectivity index is 1.50. The van der Waals surface area contributed by atoms with Crippen LogP contribution in [0.15, 0.2) is 48.5 Å². The van der Waals surface area contributed by atoms with Crippen LogP contribution < -0.4 is 14.8 Å². The summed E-state index contributed by atoms with van der Waals surface area (Å²) < 4.78 is 10.7. The first-order valence-electron chi connectivity index (χ1n) is 9.97. The average Bonchev–Trinajstić information content (AvgIpc) is 2.74. The molecule has 1 heterocycles. The number of anilines is 1. The highest BCUT2D eigenvalue weighted by molar-refractivity contribution is 5.95. The van der Waals surface area contributed by atoms with Crippen LogP contribution in [0.2, 0.25) is 0 Å². The summed E-state index contributed by atoms with van der Waals surface area (Å²) in [4.78, 5) is 27.0. The average molecular weight is 396 g/mol. The molecule has 0 bridgehead atoms. The third kappa shape index (κ3) is 5.50. The predicted molar refractivity (Wildman–Crippen MR) is 112 cm³/mol. The van der Waals surface area contributed by atoms with Gasteiger partial charge in [0.2, 0.25) is 5.91 Å². The van der Waals surface area contributed by atoms with E-state index in [9.17, 15) is 9.59 Å². The predicted octanol–water partition coefficient (Wildman–Crippen LogP) is 3.97. The highest BCUT2D eigenvalue weighted by Crippen LogP contribution is 2.23. The molecule has 0 atom stereocenters. The molecule has 6 nitrogen and oxygen atoms in total. The zero-order chi connectivity index (χ0) is 20.8. The van der Waals surface area contributed by atoms with Crippen LogP contribution in [0.5, 0.6) is 11.5 Å². The van der Waals surface area contributed by atoms with Crippen molar-refractivity contribution in [1.29, 1.82) is 0 Å². The number of methoxy groups -OCH3 is 1. The molecule has 2 aromatic rings. The van der Waals surface area contributed by atoms with Gasteiger partial charge in [0, 0.05) is 30.3 Å². The second-order valence-electron chi connectivity index (χ2n) is 7.48. The van der Waals surface area contributed by atoms with E-state index >= 15 is 0 Å². The second-order valence-corrected chi connectivity index (χ2v) is 7.48. The Morgan fingerprint density at radius 3 is 2.10 bits per heavy atom. The number of rotatable bonds is 6. The number of ether oxygens (including phenoxy) is 2. The molecule has 0 aliphatic carbocycles. The van der Waals surface area contributed by atoms with Crippen molar-refractivity contribution in [3.63, 3.8) is 0 Å². The highest BCUT2D eigenvalue weighted by Gasteiger charge is 2.28. The Bertz CT molecular complexity index is 823. The summed E-state index contributed by atoms with van der Waals surface area (Å²) in [7, 11) is 1.60. The third-order valence-electron chi connectivity index (χ3n) is 4.98. The number of carbonyl (C=O) groups is 2. The van der Waals surface area contributed by atoms with Gasteiger partial charge in [-0.1, -0.05) is 0 Å². The van der Waals surface area contributed by atoms with Crippen molar-refractivity contribution in [3.05, 3.63) is 54.1 Å². The summed E-state index contributed by atoms with van der Waals surface area (Å²) in [6.07, 6.45) is 1.42. The number of piperidine rings is 1. The monoisotopic (exact) mass is 396 g/mol. The van der Waals surface area contributed by atoms with Gasteiger partial charge < -0.3 is 19.7 Å². The summed E-state index contributed by atoms with van der Waals surface area (Å²) in [5, 5.41) is 2.97. The molecular formula is C23H28N2O4. The van der Waals surface area contributed by atoms with Crippen LogP contribution in [0, 0.1) is 5.92 Å². The van der Waals surface area contributed by atoms with Crippen molar-refractivity contribution in [2.24, 2.45) is 5.92 Å². The van der Waals surface area contributed by atoms with E-state index in [1.165, 1.54) is 0 Å². The van der Waals surface area contributed by atoms with Gasteiger partial charge in [0.05, 0.1) is 13.2 Å².